The average molecular weight is 383 g/mol. The molecule has 24 heavy (non-hydrogen) atoms. The Hall–Kier alpha value is -1.89. The summed E-state index contributed by atoms with van der Waals surface area (Å²) in [7, 11) is 0. The normalized spacial score (nSPS) is 10.8. The lowest BCUT2D eigenvalue weighted by Crippen LogP contribution is -2.08. The van der Waals surface area contributed by atoms with E-state index in [2.05, 4.69) is 10.1 Å². The van der Waals surface area contributed by atoms with Gasteiger partial charge in [-0.25, -0.2) is 4.98 Å². The minimum absolute atomic E-state index is 0.0486. The van der Waals surface area contributed by atoms with Crippen LogP contribution in [0.25, 0.3) is 10.6 Å². The number of aryl methyl sites for hydroxylation is 1. The summed E-state index contributed by atoms with van der Waals surface area (Å²) in [5, 5.41) is 7.22. The number of nitrogens with zero attached hydrogens (tertiary/aromatic N) is 2. The number of benzene rings is 1. The number of ether oxygens (including phenoxy) is 1. The van der Waals surface area contributed by atoms with Crippen LogP contribution in [0.3, 0.4) is 0 Å². The monoisotopic (exact) mass is 382 g/mol. The first-order chi connectivity index (χ1) is 11.5. The van der Waals surface area contributed by atoms with Gasteiger partial charge in [-0.1, -0.05) is 34.4 Å². The zero-order valence-electron chi connectivity index (χ0n) is 12.6. The summed E-state index contributed by atoms with van der Waals surface area (Å²) in [6, 6.07) is 6.98. The van der Waals surface area contributed by atoms with Gasteiger partial charge in [-0.3, -0.25) is 4.79 Å². The van der Waals surface area contributed by atoms with Crippen molar-refractivity contribution in [3.8, 4) is 10.6 Å². The summed E-state index contributed by atoms with van der Waals surface area (Å²) < 4.78 is 10.1. The van der Waals surface area contributed by atoms with E-state index in [1.807, 2.05) is 0 Å². The van der Waals surface area contributed by atoms with E-state index in [9.17, 15) is 4.79 Å². The molecule has 0 unspecified atom stereocenters. The largest absolute Gasteiger partial charge is 0.457 e. The van der Waals surface area contributed by atoms with Gasteiger partial charge in [0.15, 0.2) is 12.4 Å². The predicted molar refractivity (Wildman–Crippen MR) is 92.3 cm³/mol. The van der Waals surface area contributed by atoms with Gasteiger partial charge >= 0.3 is 5.97 Å². The van der Waals surface area contributed by atoms with Crippen molar-refractivity contribution in [3.63, 3.8) is 0 Å². The summed E-state index contributed by atoms with van der Waals surface area (Å²) in [6.45, 7) is 1.85. The van der Waals surface area contributed by atoms with Crippen LogP contribution in [-0.2, 0) is 22.6 Å². The van der Waals surface area contributed by atoms with Crippen LogP contribution in [-0.4, -0.2) is 16.1 Å². The lowest BCUT2D eigenvalue weighted by molar-refractivity contribution is -0.144. The molecule has 124 valence electrons. The molecule has 2 heterocycles. The molecule has 0 amide bonds. The van der Waals surface area contributed by atoms with Crippen molar-refractivity contribution in [2.45, 2.75) is 20.0 Å². The Balaban J connectivity index is 1.64. The van der Waals surface area contributed by atoms with Crippen LogP contribution in [0.5, 0.6) is 0 Å². The molecule has 2 aromatic heterocycles. The van der Waals surface area contributed by atoms with Crippen molar-refractivity contribution < 1.29 is 14.1 Å². The number of carbonyl (C=O) groups is 1. The first-order valence-electron chi connectivity index (χ1n) is 6.99. The van der Waals surface area contributed by atoms with Crippen molar-refractivity contribution in [1.29, 1.82) is 0 Å². The molecule has 0 aliphatic carbocycles. The summed E-state index contributed by atoms with van der Waals surface area (Å²) in [5.74, 6) is 0.105. The fourth-order valence-corrected chi connectivity index (χ4v) is 3.62. The number of hydrogen-bond donors (Lipinski definition) is 0. The van der Waals surface area contributed by atoms with Crippen molar-refractivity contribution >= 4 is 40.5 Å². The van der Waals surface area contributed by atoms with E-state index in [0.717, 1.165) is 5.69 Å². The predicted octanol–water partition coefficient (Wildman–Crippen LogP) is 4.70. The Morgan fingerprint density at radius 3 is 2.75 bits per heavy atom. The maximum absolute atomic E-state index is 11.9. The van der Waals surface area contributed by atoms with Crippen LogP contribution in [0.4, 0.5) is 0 Å². The van der Waals surface area contributed by atoms with Crippen molar-refractivity contribution in [2.75, 3.05) is 0 Å². The average Bonchev–Trinajstić information content (AvgIpc) is 3.14. The molecule has 0 fully saturated rings. The minimum atomic E-state index is -0.397. The Kier molecular flexibility index (Phi) is 5.18. The number of rotatable bonds is 5. The third-order valence-corrected chi connectivity index (χ3v) is 4.64. The molecule has 1 aromatic carbocycles. The van der Waals surface area contributed by atoms with Crippen molar-refractivity contribution in [3.05, 3.63) is 56.8 Å². The lowest BCUT2D eigenvalue weighted by Gasteiger charge is -2.03. The van der Waals surface area contributed by atoms with Gasteiger partial charge < -0.3 is 9.26 Å². The molecule has 0 aliphatic rings. The van der Waals surface area contributed by atoms with Crippen molar-refractivity contribution in [1.82, 2.24) is 10.1 Å². The standard InChI is InChI=1S/C16H12Cl2N2O3S/c1-9-5-11(23-20-9)7-22-14(21)6-10-8-24-16(19-10)15-12(17)3-2-4-13(15)18/h2-5,8H,6-7H2,1H3. The molecular formula is C16H12Cl2N2O3S. The molecule has 0 spiro atoms. The Bertz CT molecular complexity index is 856. The highest BCUT2D eigenvalue weighted by Crippen LogP contribution is 2.36. The van der Waals surface area contributed by atoms with Gasteiger partial charge in [0.05, 0.1) is 27.9 Å². The van der Waals surface area contributed by atoms with Crippen LogP contribution < -0.4 is 0 Å². The molecule has 3 aromatic rings. The Morgan fingerprint density at radius 2 is 2.08 bits per heavy atom. The van der Waals surface area contributed by atoms with Gasteiger partial charge in [0.25, 0.3) is 0 Å². The lowest BCUT2D eigenvalue weighted by atomic mass is 10.2. The Labute approximate surface area is 152 Å². The second-order valence-electron chi connectivity index (χ2n) is 5.01. The van der Waals surface area contributed by atoms with Gasteiger partial charge in [0.1, 0.15) is 5.01 Å². The number of aromatic nitrogens is 2. The molecular weight excluding hydrogens is 371 g/mol. The van der Waals surface area contributed by atoms with Gasteiger partial charge in [0.2, 0.25) is 0 Å². The Morgan fingerprint density at radius 1 is 1.33 bits per heavy atom. The highest BCUT2D eigenvalue weighted by molar-refractivity contribution is 7.13. The van der Waals surface area contributed by atoms with Gasteiger partial charge in [0, 0.05) is 17.0 Å². The summed E-state index contributed by atoms with van der Waals surface area (Å²) in [6.07, 6.45) is 0.0612. The van der Waals surface area contributed by atoms with E-state index in [0.29, 0.717) is 32.1 Å². The highest BCUT2D eigenvalue weighted by Gasteiger charge is 2.15. The van der Waals surface area contributed by atoms with Gasteiger partial charge in [-0.2, -0.15) is 0 Å². The molecule has 5 nitrogen and oxygen atoms in total. The quantitative estimate of drug-likeness (QED) is 0.598. The molecule has 0 aliphatic heterocycles. The summed E-state index contributed by atoms with van der Waals surface area (Å²) in [4.78, 5) is 16.3. The van der Waals surface area contributed by atoms with Crippen LogP contribution >= 0.6 is 34.5 Å². The number of carbonyl (C=O) groups excluding carboxylic acids is 1. The molecule has 8 heteroatoms. The van der Waals surface area contributed by atoms with E-state index in [1.54, 1.807) is 36.6 Å². The van der Waals surface area contributed by atoms with Crippen LogP contribution in [0, 0.1) is 6.92 Å². The first kappa shape index (κ1) is 17.0. The maximum Gasteiger partial charge on any atom is 0.312 e. The van der Waals surface area contributed by atoms with E-state index in [4.69, 9.17) is 32.5 Å². The summed E-state index contributed by atoms with van der Waals surface area (Å²) >= 11 is 13.7. The number of thiazole rings is 1. The van der Waals surface area contributed by atoms with Crippen LogP contribution in [0.15, 0.2) is 34.2 Å². The molecule has 0 bridgehead atoms. The topological polar surface area (TPSA) is 65.2 Å². The van der Waals surface area contributed by atoms with Crippen molar-refractivity contribution in [2.24, 2.45) is 0 Å². The first-order valence-corrected chi connectivity index (χ1v) is 8.63. The highest BCUT2D eigenvalue weighted by atomic mass is 35.5. The number of halogens is 2. The number of esters is 1. The molecule has 3 rings (SSSR count). The van der Waals surface area contributed by atoms with E-state index in [-0.39, 0.29) is 13.0 Å². The maximum atomic E-state index is 11.9. The zero-order chi connectivity index (χ0) is 17.1. The molecule has 0 radical (unpaired) electrons. The second kappa shape index (κ2) is 7.34. The SMILES string of the molecule is Cc1cc(COC(=O)Cc2csc(-c3c(Cl)cccc3Cl)n2)on1. The number of hydrogen-bond acceptors (Lipinski definition) is 6. The molecule has 0 saturated heterocycles. The summed E-state index contributed by atoms with van der Waals surface area (Å²) in [5.41, 5.74) is 2.01. The second-order valence-corrected chi connectivity index (χ2v) is 6.69. The fraction of sp³-hybridized carbons (Fsp3) is 0.188. The van der Waals surface area contributed by atoms with E-state index >= 15 is 0 Å². The molecule has 0 saturated carbocycles. The van der Waals surface area contributed by atoms with Crippen LogP contribution in [0.1, 0.15) is 17.1 Å². The van der Waals surface area contributed by atoms with Crippen LogP contribution in [0.2, 0.25) is 10.0 Å². The van der Waals surface area contributed by atoms with Gasteiger partial charge in [-0.15, -0.1) is 11.3 Å². The van der Waals surface area contributed by atoms with Gasteiger partial charge in [-0.05, 0) is 19.1 Å². The molecule has 0 N–H and O–H groups in total. The third kappa shape index (κ3) is 3.95. The smallest absolute Gasteiger partial charge is 0.312 e. The third-order valence-electron chi connectivity index (χ3n) is 3.11. The molecule has 0 atom stereocenters. The van der Waals surface area contributed by atoms with E-state index < -0.39 is 5.97 Å². The van der Waals surface area contributed by atoms with E-state index in [1.165, 1.54) is 11.3 Å². The minimum Gasteiger partial charge on any atom is -0.457 e. The zero-order valence-corrected chi connectivity index (χ0v) is 14.9. The fourth-order valence-electron chi connectivity index (χ4n) is 2.04.